The van der Waals surface area contributed by atoms with Crippen LogP contribution in [-0.4, -0.2) is 9.78 Å². The second kappa shape index (κ2) is 6.59. The van der Waals surface area contributed by atoms with Gasteiger partial charge in [0.05, 0.1) is 12.2 Å². The van der Waals surface area contributed by atoms with E-state index >= 15 is 0 Å². The van der Waals surface area contributed by atoms with Crippen LogP contribution >= 0.6 is 0 Å². The first-order valence-corrected chi connectivity index (χ1v) is 7.93. The van der Waals surface area contributed by atoms with Gasteiger partial charge in [-0.3, -0.25) is 0 Å². The van der Waals surface area contributed by atoms with E-state index in [0.717, 1.165) is 16.8 Å². The molecule has 2 N–H and O–H groups in total. The summed E-state index contributed by atoms with van der Waals surface area (Å²) in [5, 5.41) is 14.1. The van der Waals surface area contributed by atoms with E-state index in [0.29, 0.717) is 24.3 Å². The summed E-state index contributed by atoms with van der Waals surface area (Å²) >= 11 is 0. The monoisotopic (exact) mass is 316 g/mol. The number of aromatic nitrogens is 2. The van der Waals surface area contributed by atoms with Crippen LogP contribution in [0, 0.1) is 25.2 Å². The highest BCUT2D eigenvalue weighted by molar-refractivity contribution is 5.53. The Morgan fingerprint density at radius 3 is 2.29 bits per heavy atom. The Labute approximate surface area is 142 Å². The van der Waals surface area contributed by atoms with Crippen molar-refractivity contribution in [2.24, 2.45) is 0 Å². The van der Waals surface area contributed by atoms with Crippen LogP contribution in [-0.2, 0) is 13.0 Å². The summed E-state index contributed by atoms with van der Waals surface area (Å²) in [4.78, 5) is 0. The third-order valence-electron chi connectivity index (χ3n) is 4.04. The topological polar surface area (TPSA) is 67.6 Å². The Morgan fingerprint density at radius 1 is 1.04 bits per heavy atom. The molecule has 3 rings (SSSR count). The first-order chi connectivity index (χ1) is 11.6. The zero-order chi connectivity index (χ0) is 17.1. The van der Waals surface area contributed by atoms with Gasteiger partial charge in [-0.15, -0.1) is 0 Å². The van der Waals surface area contributed by atoms with Crippen molar-refractivity contribution in [3.63, 3.8) is 0 Å². The molecule has 0 spiro atoms. The number of aryl methyl sites for hydroxylation is 2. The number of hydrogen-bond donors (Lipinski definition) is 1. The second-order valence-corrected chi connectivity index (χ2v) is 6.13. The minimum atomic E-state index is 0.432. The zero-order valence-corrected chi connectivity index (χ0v) is 14.0. The molecule has 0 bridgehead atoms. The lowest BCUT2D eigenvalue weighted by Gasteiger charge is -2.05. The first kappa shape index (κ1) is 15.8. The molecule has 120 valence electrons. The van der Waals surface area contributed by atoms with E-state index in [2.05, 4.69) is 49.3 Å². The molecule has 0 fully saturated rings. The lowest BCUT2D eigenvalue weighted by atomic mass is 10.1. The molecular formula is C20H20N4. The summed E-state index contributed by atoms with van der Waals surface area (Å²) in [5.74, 6) is 0.432. The van der Waals surface area contributed by atoms with E-state index in [-0.39, 0.29) is 0 Å². The number of hydrogen-bond acceptors (Lipinski definition) is 3. The maximum atomic E-state index is 9.47. The van der Waals surface area contributed by atoms with Gasteiger partial charge >= 0.3 is 0 Å². The zero-order valence-electron chi connectivity index (χ0n) is 14.0. The Kier molecular flexibility index (Phi) is 4.35. The molecule has 0 aliphatic carbocycles. The Balaban J connectivity index is 1.92. The average molecular weight is 316 g/mol. The molecule has 3 aromatic rings. The minimum absolute atomic E-state index is 0.432. The van der Waals surface area contributed by atoms with E-state index < -0.39 is 0 Å². The van der Waals surface area contributed by atoms with Crippen LogP contribution in [0.1, 0.15) is 33.5 Å². The molecule has 0 aliphatic heterocycles. The van der Waals surface area contributed by atoms with Crippen LogP contribution in [0.3, 0.4) is 0 Å². The average Bonchev–Trinajstić information content (AvgIpc) is 2.82. The molecule has 1 heterocycles. The van der Waals surface area contributed by atoms with Crippen molar-refractivity contribution < 1.29 is 0 Å². The Bertz CT molecular complexity index is 916. The van der Waals surface area contributed by atoms with Crippen molar-refractivity contribution in [2.45, 2.75) is 26.8 Å². The fourth-order valence-corrected chi connectivity index (χ4v) is 2.89. The van der Waals surface area contributed by atoms with E-state index in [4.69, 9.17) is 5.73 Å². The van der Waals surface area contributed by atoms with Crippen molar-refractivity contribution in [3.8, 4) is 6.07 Å². The van der Waals surface area contributed by atoms with Crippen molar-refractivity contribution in [3.05, 3.63) is 82.0 Å². The normalized spacial score (nSPS) is 10.5. The molecule has 1 aromatic heterocycles. The first-order valence-electron chi connectivity index (χ1n) is 7.93. The van der Waals surface area contributed by atoms with Crippen molar-refractivity contribution in [2.75, 3.05) is 5.73 Å². The summed E-state index contributed by atoms with van der Waals surface area (Å²) in [6.07, 6.45) is 0.607. The largest absolute Gasteiger partial charge is 0.383 e. The Morgan fingerprint density at radius 2 is 1.67 bits per heavy atom. The van der Waals surface area contributed by atoms with E-state index in [1.54, 1.807) is 4.68 Å². The van der Waals surface area contributed by atoms with Gasteiger partial charge in [0, 0.05) is 6.42 Å². The summed E-state index contributed by atoms with van der Waals surface area (Å²) in [7, 11) is 0. The van der Waals surface area contributed by atoms with Gasteiger partial charge in [-0.25, -0.2) is 4.68 Å². The molecule has 4 heteroatoms. The van der Waals surface area contributed by atoms with E-state index in [9.17, 15) is 5.26 Å². The molecule has 0 amide bonds. The fourth-order valence-electron chi connectivity index (χ4n) is 2.89. The number of nitriles is 1. The third-order valence-corrected chi connectivity index (χ3v) is 4.04. The van der Waals surface area contributed by atoms with Crippen LogP contribution in [0.15, 0.2) is 48.5 Å². The number of anilines is 1. The Hall–Kier alpha value is -3.06. The molecule has 2 aromatic carbocycles. The van der Waals surface area contributed by atoms with Crippen LogP contribution in [0.4, 0.5) is 5.82 Å². The number of benzene rings is 2. The highest BCUT2D eigenvalue weighted by Crippen LogP contribution is 2.21. The summed E-state index contributed by atoms with van der Waals surface area (Å²) in [5.41, 5.74) is 12.0. The molecule has 0 radical (unpaired) electrons. The van der Waals surface area contributed by atoms with Crippen LogP contribution in [0.5, 0.6) is 0 Å². The third kappa shape index (κ3) is 3.31. The highest BCUT2D eigenvalue weighted by Gasteiger charge is 2.16. The molecule has 0 unspecified atom stereocenters. The van der Waals surface area contributed by atoms with Crippen LogP contribution in [0.2, 0.25) is 0 Å². The number of nitrogen functional groups attached to an aromatic ring is 1. The van der Waals surface area contributed by atoms with Crippen molar-refractivity contribution in [1.82, 2.24) is 9.78 Å². The van der Waals surface area contributed by atoms with Gasteiger partial charge in [-0.1, -0.05) is 59.7 Å². The summed E-state index contributed by atoms with van der Waals surface area (Å²) < 4.78 is 1.72. The van der Waals surface area contributed by atoms with Gasteiger partial charge in [0.1, 0.15) is 17.5 Å². The van der Waals surface area contributed by atoms with Crippen LogP contribution in [0.25, 0.3) is 0 Å². The van der Waals surface area contributed by atoms with Crippen molar-refractivity contribution >= 4 is 5.82 Å². The molecule has 4 nitrogen and oxygen atoms in total. The molecule has 0 saturated heterocycles. The molecule has 0 aliphatic rings. The predicted molar refractivity (Wildman–Crippen MR) is 95.6 cm³/mol. The van der Waals surface area contributed by atoms with Gasteiger partial charge in [-0.2, -0.15) is 10.4 Å². The molecular weight excluding hydrogens is 296 g/mol. The maximum absolute atomic E-state index is 9.47. The van der Waals surface area contributed by atoms with Gasteiger partial charge in [0.25, 0.3) is 0 Å². The number of rotatable bonds is 4. The van der Waals surface area contributed by atoms with Crippen LogP contribution < -0.4 is 5.73 Å². The predicted octanol–water partition coefficient (Wildman–Crippen LogP) is 3.59. The lowest BCUT2D eigenvalue weighted by molar-refractivity contribution is 0.684. The van der Waals surface area contributed by atoms with Gasteiger partial charge in [0.2, 0.25) is 0 Å². The quantitative estimate of drug-likeness (QED) is 0.799. The lowest BCUT2D eigenvalue weighted by Crippen LogP contribution is -2.06. The van der Waals surface area contributed by atoms with E-state index in [1.165, 1.54) is 11.1 Å². The van der Waals surface area contributed by atoms with Gasteiger partial charge in [0.15, 0.2) is 0 Å². The molecule has 24 heavy (non-hydrogen) atoms. The van der Waals surface area contributed by atoms with Gasteiger partial charge in [-0.05, 0) is 25.0 Å². The molecule has 0 atom stereocenters. The smallest absolute Gasteiger partial charge is 0.140 e. The maximum Gasteiger partial charge on any atom is 0.140 e. The summed E-state index contributed by atoms with van der Waals surface area (Å²) in [6.45, 7) is 4.68. The number of nitrogens with zero attached hydrogens (tertiary/aromatic N) is 3. The van der Waals surface area contributed by atoms with Gasteiger partial charge < -0.3 is 5.73 Å². The SMILES string of the molecule is Cc1cccc(Cc2nn(Cc3cccc(C)c3)c(N)c2C#N)c1. The molecule has 0 saturated carbocycles. The second-order valence-electron chi connectivity index (χ2n) is 6.13. The minimum Gasteiger partial charge on any atom is -0.383 e. The van der Waals surface area contributed by atoms with Crippen molar-refractivity contribution in [1.29, 1.82) is 5.26 Å². The standard InChI is InChI=1S/C20H20N4/c1-14-5-3-7-16(9-14)11-19-18(12-21)20(22)24(23-19)13-17-8-4-6-15(2)10-17/h3-10H,11,13,22H2,1-2H3. The highest BCUT2D eigenvalue weighted by atomic mass is 15.3. The van der Waals surface area contributed by atoms with E-state index in [1.807, 2.05) is 24.3 Å². The number of nitrogens with two attached hydrogens (primary N) is 1. The fraction of sp³-hybridized carbons (Fsp3) is 0.200. The summed E-state index contributed by atoms with van der Waals surface area (Å²) in [6, 6.07) is 18.7.